The average molecular weight is 287 g/mol. The minimum atomic E-state index is -4.07. The number of non-ortho nitro benzene ring substituents is 1. The van der Waals surface area contributed by atoms with Gasteiger partial charge in [0.15, 0.2) is 0 Å². The van der Waals surface area contributed by atoms with Crippen molar-refractivity contribution in [1.29, 1.82) is 0 Å². The molecule has 8 nitrogen and oxygen atoms in total. The molecule has 0 amide bonds. The summed E-state index contributed by atoms with van der Waals surface area (Å²) >= 11 is 0. The molecule has 9 heteroatoms. The monoisotopic (exact) mass is 287 g/mol. The smallest absolute Gasteiger partial charge is 0.270 e. The summed E-state index contributed by atoms with van der Waals surface area (Å²) in [7, 11) is -4.07. The van der Waals surface area contributed by atoms with Gasteiger partial charge in [0.25, 0.3) is 5.69 Å². The number of nitrogens with zero attached hydrogens (tertiary/aromatic N) is 2. The molecule has 1 saturated heterocycles. The summed E-state index contributed by atoms with van der Waals surface area (Å²) < 4.78 is 23.1. The van der Waals surface area contributed by atoms with Gasteiger partial charge in [-0.3, -0.25) is 10.1 Å². The van der Waals surface area contributed by atoms with E-state index < -0.39 is 21.1 Å². The molecule has 1 heterocycles. The van der Waals surface area contributed by atoms with Gasteiger partial charge in [0.1, 0.15) is 4.90 Å². The van der Waals surface area contributed by atoms with Crippen molar-refractivity contribution in [3.8, 4) is 0 Å². The van der Waals surface area contributed by atoms with Crippen LogP contribution in [0.1, 0.15) is 6.42 Å². The number of β-amino-alcohol motifs (C(OH)–C–C–N with tert-alkyl or cyclic N) is 1. The Morgan fingerprint density at radius 1 is 1.47 bits per heavy atom. The number of aliphatic hydroxyl groups is 1. The minimum absolute atomic E-state index is 0.278. The van der Waals surface area contributed by atoms with Gasteiger partial charge in [-0.1, -0.05) is 0 Å². The van der Waals surface area contributed by atoms with Crippen LogP contribution in [0.3, 0.4) is 0 Å². The van der Waals surface area contributed by atoms with Crippen LogP contribution in [0.25, 0.3) is 0 Å². The zero-order valence-corrected chi connectivity index (χ0v) is 10.7. The zero-order valence-electron chi connectivity index (χ0n) is 9.89. The Morgan fingerprint density at radius 2 is 2.16 bits per heavy atom. The topological polar surface area (TPSA) is 127 Å². The lowest BCUT2D eigenvalue weighted by molar-refractivity contribution is -0.385. The first-order valence-electron chi connectivity index (χ1n) is 5.53. The highest BCUT2D eigenvalue weighted by Crippen LogP contribution is 2.30. The Balaban J connectivity index is 2.52. The molecule has 0 aromatic heterocycles. The average Bonchev–Trinajstić information content (AvgIpc) is 2.73. The first-order valence-corrected chi connectivity index (χ1v) is 7.08. The maximum Gasteiger partial charge on any atom is 0.270 e. The second kappa shape index (κ2) is 4.76. The van der Waals surface area contributed by atoms with E-state index in [4.69, 9.17) is 5.14 Å². The predicted molar refractivity (Wildman–Crippen MR) is 67.3 cm³/mol. The van der Waals surface area contributed by atoms with Crippen molar-refractivity contribution in [2.75, 3.05) is 18.0 Å². The summed E-state index contributed by atoms with van der Waals surface area (Å²) in [5.41, 5.74) is -0.0582. The Bertz CT molecular complexity index is 616. The van der Waals surface area contributed by atoms with E-state index in [1.807, 2.05) is 0 Å². The van der Waals surface area contributed by atoms with Crippen LogP contribution in [0.4, 0.5) is 11.4 Å². The van der Waals surface area contributed by atoms with Gasteiger partial charge in [-0.2, -0.15) is 0 Å². The fourth-order valence-electron chi connectivity index (χ4n) is 2.07. The number of primary sulfonamides is 1. The number of nitrogens with two attached hydrogens (primary N) is 1. The van der Waals surface area contributed by atoms with Crippen LogP contribution in [0.15, 0.2) is 23.1 Å². The number of rotatable bonds is 3. The van der Waals surface area contributed by atoms with Crippen LogP contribution in [0.5, 0.6) is 0 Å². The van der Waals surface area contributed by atoms with Crippen LogP contribution in [0, 0.1) is 10.1 Å². The quantitative estimate of drug-likeness (QED) is 0.586. The molecule has 1 aliphatic heterocycles. The fourth-order valence-corrected chi connectivity index (χ4v) is 2.84. The van der Waals surface area contributed by atoms with E-state index in [-0.39, 0.29) is 22.8 Å². The largest absolute Gasteiger partial charge is 0.391 e. The second-order valence-corrected chi connectivity index (χ2v) is 5.87. The fraction of sp³-hybridized carbons (Fsp3) is 0.400. The molecule has 2 rings (SSSR count). The van der Waals surface area contributed by atoms with Crippen LogP contribution in [0.2, 0.25) is 0 Å². The standard InChI is InChI=1S/C10H13N3O5S/c11-19(17,18)10-5-7(13(15)16)1-2-9(10)12-4-3-8(14)6-12/h1-2,5,8,14H,3-4,6H2,(H2,11,17,18)/t8-/m0/s1. The molecule has 1 fully saturated rings. The Labute approximate surface area is 109 Å². The van der Waals surface area contributed by atoms with Gasteiger partial charge in [-0.15, -0.1) is 0 Å². The lowest BCUT2D eigenvalue weighted by atomic mass is 10.2. The zero-order chi connectivity index (χ0) is 14.2. The van der Waals surface area contributed by atoms with E-state index in [9.17, 15) is 23.6 Å². The number of nitro groups is 1. The number of hydrogen-bond donors (Lipinski definition) is 2. The lowest BCUT2D eigenvalue weighted by Gasteiger charge is -2.20. The highest BCUT2D eigenvalue weighted by Gasteiger charge is 2.27. The Morgan fingerprint density at radius 3 is 2.63 bits per heavy atom. The number of anilines is 1. The molecule has 1 aliphatic rings. The molecule has 0 spiro atoms. The molecule has 0 saturated carbocycles. The van der Waals surface area contributed by atoms with Crippen LogP contribution in [-0.2, 0) is 10.0 Å². The maximum atomic E-state index is 11.5. The number of sulfonamides is 1. The number of benzene rings is 1. The highest BCUT2D eigenvalue weighted by molar-refractivity contribution is 7.89. The van der Waals surface area contributed by atoms with E-state index in [0.29, 0.717) is 13.0 Å². The normalized spacial score (nSPS) is 19.7. The third kappa shape index (κ3) is 2.83. The minimum Gasteiger partial charge on any atom is -0.391 e. The van der Waals surface area contributed by atoms with Crippen molar-refractivity contribution in [3.05, 3.63) is 28.3 Å². The lowest BCUT2D eigenvalue weighted by Crippen LogP contribution is -2.25. The summed E-state index contributed by atoms with van der Waals surface area (Å²) in [4.78, 5) is 11.3. The van der Waals surface area contributed by atoms with E-state index in [0.717, 1.165) is 6.07 Å². The maximum absolute atomic E-state index is 11.5. The molecule has 0 bridgehead atoms. The molecule has 1 atom stereocenters. The van der Waals surface area contributed by atoms with Gasteiger partial charge in [0, 0.05) is 25.2 Å². The van der Waals surface area contributed by atoms with Gasteiger partial charge in [-0.05, 0) is 12.5 Å². The van der Waals surface area contributed by atoms with Crippen LogP contribution < -0.4 is 10.0 Å². The number of nitro benzene ring substituents is 1. The number of hydrogen-bond acceptors (Lipinski definition) is 6. The van der Waals surface area contributed by atoms with Crippen molar-refractivity contribution in [3.63, 3.8) is 0 Å². The number of aliphatic hydroxyl groups excluding tert-OH is 1. The van der Waals surface area contributed by atoms with Gasteiger partial charge < -0.3 is 10.0 Å². The summed E-state index contributed by atoms with van der Waals surface area (Å²) in [6.07, 6.45) is -0.0235. The molecule has 1 aromatic carbocycles. The first-order chi connectivity index (χ1) is 8.79. The molecule has 0 radical (unpaired) electrons. The van der Waals surface area contributed by atoms with E-state index in [1.165, 1.54) is 12.1 Å². The Hall–Kier alpha value is -1.71. The van der Waals surface area contributed by atoms with Gasteiger partial charge >= 0.3 is 0 Å². The summed E-state index contributed by atoms with van der Waals surface area (Å²) in [5.74, 6) is 0. The molecule has 3 N–H and O–H groups in total. The molecular formula is C10H13N3O5S. The van der Waals surface area contributed by atoms with Crippen LogP contribution in [-0.4, -0.2) is 37.6 Å². The SMILES string of the molecule is NS(=O)(=O)c1cc([N+](=O)[O-])ccc1N1CC[C@H](O)C1. The second-order valence-electron chi connectivity index (χ2n) is 4.34. The molecular weight excluding hydrogens is 274 g/mol. The molecule has 19 heavy (non-hydrogen) atoms. The highest BCUT2D eigenvalue weighted by atomic mass is 32.2. The van der Waals surface area contributed by atoms with E-state index in [2.05, 4.69) is 0 Å². The molecule has 104 valence electrons. The summed E-state index contributed by atoms with van der Waals surface area (Å²) in [6, 6.07) is 3.50. The van der Waals surface area contributed by atoms with Crippen molar-refractivity contribution in [2.24, 2.45) is 5.14 Å². The molecule has 0 aliphatic carbocycles. The molecule has 1 aromatic rings. The van der Waals surface area contributed by atoms with Crippen molar-refractivity contribution in [2.45, 2.75) is 17.4 Å². The van der Waals surface area contributed by atoms with Gasteiger partial charge in [0.05, 0.1) is 16.7 Å². The van der Waals surface area contributed by atoms with Crippen molar-refractivity contribution >= 4 is 21.4 Å². The van der Waals surface area contributed by atoms with Crippen molar-refractivity contribution in [1.82, 2.24) is 0 Å². The van der Waals surface area contributed by atoms with E-state index >= 15 is 0 Å². The summed E-state index contributed by atoms with van der Waals surface area (Å²) in [5, 5.41) is 25.2. The first kappa shape index (κ1) is 13.7. The van der Waals surface area contributed by atoms with Gasteiger partial charge in [-0.25, -0.2) is 13.6 Å². The third-order valence-electron chi connectivity index (χ3n) is 2.96. The third-order valence-corrected chi connectivity index (χ3v) is 3.90. The van der Waals surface area contributed by atoms with Crippen LogP contribution >= 0.6 is 0 Å². The van der Waals surface area contributed by atoms with Crippen molar-refractivity contribution < 1.29 is 18.4 Å². The Kier molecular flexibility index (Phi) is 3.43. The van der Waals surface area contributed by atoms with E-state index in [1.54, 1.807) is 4.90 Å². The van der Waals surface area contributed by atoms with Gasteiger partial charge in [0.2, 0.25) is 10.0 Å². The molecule has 0 unspecified atom stereocenters. The predicted octanol–water partition coefficient (Wildman–Crippen LogP) is -0.187. The summed E-state index contributed by atoms with van der Waals surface area (Å²) in [6.45, 7) is 0.752.